The van der Waals surface area contributed by atoms with Crippen LogP contribution in [0.1, 0.15) is 10.8 Å². The molecular weight excluding hydrogens is 144 g/mol. The number of pyridine rings is 1. The lowest BCUT2D eigenvalue weighted by Crippen LogP contribution is -2.06. The minimum absolute atomic E-state index is 0.119. The van der Waals surface area contributed by atoms with Crippen LogP contribution in [0.25, 0.3) is 0 Å². The molecule has 10 heavy (non-hydrogen) atoms. The zero-order valence-corrected chi connectivity index (χ0v) is 6.46. The number of hydrogen-bond acceptors (Lipinski definition) is 3. The molecule has 1 aromatic heterocycles. The smallest absolute Gasteiger partial charge is 0.0404 e. The summed E-state index contributed by atoms with van der Waals surface area (Å²) in [7, 11) is 0. The Balaban J connectivity index is 2.75. The van der Waals surface area contributed by atoms with Crippen LogP contribution in [0.15, 0.2) is 24.5 Å². The fourth-order valence-electron chi connectivity index (χ4n) is 0.709. The fraction of sp³-hybridized carbons (Fsp3) is 0.286. The van der Waals surface area contributed by atoms with Crippen LogP contribution in [0, 0.1) is 0 Å². The number of rotatable bonds is 2. The highest BCUT2D eigenvalue weighted by atomic mass is 32.1. The number of hydrogen-bond donors (Lipinski definition) is 2. The SMILES string of the molecule is NCC(S)c1cccnc1. The van der Waals surface area contributed by atoms with E-state index in [4.69, 9.17) is 5.73 Å². The number of nitrogens with zero attached hydrogens (tertiary/aromatic N) is 1. The van der Waals surface area contributed by atoms with Gasteiger partial charge in [-0.2, -0.15) is 12.6 Å². The standard InChI is InChI=1S/C7H10N2S/c8-4-7(10)6-2-1-3-9-5-6/h1-3,5,7,10H,4,8H2. The van der Waals surface area contributed by atoms with Crippen LogP contribution in [0.3, 0.4) is 0 Å². The lowest BCUT2D eigenvalue weighted by Gasteiger charge is -2.05. The van der Waals surface area contributed by atoms with Crippen molar-refractivity contribution in [1.82, 2.24) is 4.98 Å². The molecule has 2 N–H and O–H groups in total. The highest BCUT2D eigenvalue weighted by Gasteiger charge is 2.01. The molecule has 1 aromatic rings. The largest absolute Gasteiger partial charge is 0.329 e. The topological polar surface area (TPSA) is 38.9 Å². The van der Waals surface area contributed by atoms with Crippen LogP contribution in [-0.2, 0) is 0 Å². The second-order valence-electron chi connectivity index (χ2n) is 2.04. The van der Waals surface area contributed by atoms with Crippen molar-refractivity contribution in [3.8, 4) is 0 Å². The van der Waals surface area contributed by atoms with Gasteiger partial charge in [-0.1, -0.05) is 6.07 Å². The molecule has 0 bridgehead atoms. The molecule has 54 valence electrons. The molecule has 0 fully saturated rings. The van der Waals surface area contributed by atoms with Crippen molar-refractivity contribution in [3.63, 3.8) is 0 Å². The average molecular weight is 154 g/mol. The molecule has 0 saturated heterocycles. The molecule has 1 unspecified atom stereocenters. The Bertz CT molecular complexity index is 188. The molecule has 3 heteroatoms. The van der Waals surface area contributed by atoms with E-state index in [9.17, 15) is 0 Å². The van der Waals surface area contributed by atoms with Crippen LogP contribution >= 0.6 is 12.6 Å². The Morgan fingerprint density at radius 3 is 3.00 bits per heavy atom. The highest BCUT2D eigenvalue weighted by molar-refractivity contribution is 7.80. The van der Waals surface area contributed by atoms with Gasteiger partial charge in [0.15, 0.2) is 0 Å². The quantitative estimate of drug-likeness (QED) is 0.624. The summed E-state index contributed by atoms with van der Waals surface area (Å²) in [6, 6.07) is 3.85. The van der Waals surface area contributed by atoms with E-state index in [1.54, 1.807) is 12.4 Å². The third kappa shape index (κ3) is 1.72. The van der Waals surface area contributed by atoms with Crippen molar-refractivity contribution in [2.24, 2.45) is 5.73 Å². The van der Waals surface area contributed by atoms with Crippen molar-refractivity contribution >= 4 is 12.6 Å². The first kappa shape index (κ1) is 7.57. The fourth-order valence-corrected chi connectivity index (χ4v) is 0.862. The molecule has 1 atom stereocenters. The molecule has 2 nitrogen and oxygen atoms in total. The zero-order chi connectivity index (χ0) is 7.40. The number of thiol groups is 1. The maximum absolute atomic E-state index is 5.40. The van der Waals surface area contributed by atoms with Gasteiger partial charge in [0.05, 0.1) is 0 Å². The van der Waals surface area contributed by atoms with Gasteiger partial charge >= 0.3 is 0 Å². The normalized spacial score (nSPS) is 13.0. The first-order chi connectivity index (χ1) is 4.84. The maximum atomic E-state index is 5.40. The third-order valence-corrected chi connectivity index (χ3v) is 1.80. The van der Waals surface area contributed by atoms with E-state index in [-0.39, 0.29) is 5.25 Å². The summed E-state index contributed by atoms with van der Waals surface area (Å²) < 4.78 is 0. The van der Waals surface area contributed by atoms with Gasteiger partial charge in [0.25, 0.3) is 0 Å². The van der Waals surface area contributed by atoms with Crippen LogP contribution in [0.4, 0.5) is 0 Å². The predicted octanol–water partition coefficient (Wildman–Crippen LogP) is 1.01. The number of aromatic nitrogens is 1. The molecule has 0 aliphatic rings. The summed E-state index contributed by atoms with van der Waals surface area (Å²) in [6.45, 7) is 0.550. The minimum Gasteiger partial charge on any atom is -0.329 e. The molecule has 0 aromatic carbocycles. The van der Waals surface area contributed by atoms with E-state index in [1.807, 2.05) is 12.1 Å². The highest BCUT2D eigenvalue weighted by Crippen LogP contribution is 2.15. The van der Waals surface area contributed by atoms with Crippen LogP contribution in [0.2, 0.25) is 0 Å². The second kappa shape index (κ2) is 3.58. The zero-order valence-electron chi connectivity index (χ0n) is 5.57. The Hall–Kier alpha value is -0.540. The Morgan fingerprint density at radius 2 is 2.50 bits per heavy atom. The average Bonchev–Trinajstić information content (AvgIpc) is 2.05. The van der Waals surface area contributed by atoms with Crippen molar-refractivity contribution in [2.75, 3.05) is 6.54 Å². The summed E-state index contributed by atoms with van der Waals surface area (Å²) in [4.78, 5) is 3.95. The predicted molar refractivity (Wildman–Crippen MR) is 45.0 cm³/mol. The summed E-state index contributed by atoms with van der Waals surface area (Å²) in [5.41, 5.74) is 6.48. The lowest BCUT2D eigenvalue weighted by atomic mass is 10.2. The summed E-state index contributed by atoms with van der Waals surface area (Å²) in [5.74, 6) is 0. The van der Waals surface area contributed by atoms with Crippen molar-refractivity contribution < 1.29 is 0 Å². The molecule has 0 radical (unpaired) electrons. The first-order valence-electron chi connectivity index (χ1n) is 3.12. The molecule has 0 spiro atoms. The summed E-state index contributed by atoms with van der Waals surface area (Å²) in [5, 5.41) is 0.119. The van der Waals surface area contributed by atoms with Gasteiger partial charge in [-0.3, -0.25) is 4.98 Å². The third-order valence-electron chi connectivity index (χ3n) is 1.29. The van der Waals surface area contributed by atoms with Gasteiger partial charge in [-0.15, -0.1) is 0 Å². The Labute approximate surface area is 65.9 Å². The molecular formula is C7H10N2S. The summed E-state index contributed by atoms with van der Waals surface area (Å²) in [6.07, 6.45) is 3.52. The van der Waals surface area contributed by atoms with E-state index in [2.05, 4.69) is 17.6 Å². The van der Waals surface area contributed by atoms with Gasteiger partial charge in [0.2, 0.25) is 0 Å². The number of nitrogens with two attached hydrogens (primary N) is 1. The van der Waals surface area contributed by atoms with Crippen LogP contribution in [0.5, 0.6) is 0 Å². The van der Waals surface area contributed by atoms with Gasteiger partial charge < -0.3 is 5.73 Å². The second-order valence-corrected chi connectivity index (χ2v) is 2.66. The van der Waals surface area contributed by atoms with Gasteiger partial charge in [0.1, 0.15) is 0 Å². The van der Waals surface area contributed by atoms with E-state index in [1.165, 1.54) is 0 Å². The van der Waals surface area contributed by atoms with Gasteiger partial charge in [-0.05, 0) is 11.6 Å². The van der Waals surface area contributed by atoms with E-state index in [0.29, 0.717) is 6.54 Å². The van der Waals surface area contributed by atoms with Gasteiger partial charge in [0, 0.05) is 24.2 Å². The van der Waals surface area contributed by atoms with Crippen LogP contribution < -0.4 is 5.73 Å². The molecule has 0 aliphatic carbocycles. The Morgan fingerprint density at radius 1 is 1.70 bits per heavy atom. The monoisotopic (exact) mass is 154 g/mol. The molecule has 0 amide bonds. The Kier molecular flexibility index (Phi) is 2.71. The van der Waals surface area contributed by atoms with Gasteiger partial charge in [-0.25, -0.2) is 0 Å². The molecule has 0 aliphatic heterocycles. The summed E-state index contributed by atoms with van der Waals surface area (Å²) >= 11 is 4.25. The molecule has 0 saturated carbocycles. The maximum Gasteiger partial charge on any atom is 0.0404 e. The van der Waals surface area contributed by atoms with Crippen molar-refractivity contribution in [2.45, 2.75) is 5.25 Å². The van der Waals surface area contributed by atoms with E-state index >= 15 is 0 Å². The van der Waals surface area contributed by atoms with Crippen molar-refractivity contribution in [3.05, 3.63) is 30.1 Å². The molecule has 1 rings (SSSR count). The van der Waals surface area contributed by atoms with Crippen LogP contribution in [-0.4, -0.2) is 11.5 Å². The molecule has 1 heterocycles. The van der Waals surface area contributed by atoms with Crippen molar-refractivity contribution in [1.29, 1.82) is 0 Å². The van der Waals surface area contributed by atoms with E-state index in [0.717, 1.165) is 5.56 Å². The van der Waals surface area contributed by atoms with E-state index < -0.39 is 0 Å². The first-order valence-corrected chi connectivity index (χ1v) is 3.64. The lowest BCUT2D eigenvalue weighted by molar-refractivity contribution is 0.940. The minimum atomic E-state index is 0.119.